The second kappa shape index (κ2) is 6.79. The summed E-state index contributed by atoms with van der Waals surface area (Å²) < 4.78 is 0. The molecule has 0 bridgehead atoms. The van der Waals surface area contributed by atoms with Crippen LogP contribution in [0.3, 0.4) is 0 Å². The molecule has 0 aliphatic heterocycles. The highest BCUT2D eigenvalue weighted by Crippen LogP contribution is 1.97. The Bertz CT molecular complexity index is 157. The molecule has 0 atom stereocenters. The second-order valence-corrected chi connectivity index (χ2v) is 2.63. The van der Waals surface area contributed by atoms with E-state index in [9.17, 15) is 9.59 Å². The van der Waals surface area contributed by atoms with E-state index in [1.54, 1.807) is 0 Å². The van der Waals surface area contributed by atoms with Crippen LogP contribution in [-0.4, -0.2) is 18.4 Å². The van der Waals surface area contributed by atoms with E-state index in [1.807, 2.05) is 0 Å². The van der Waals surface area contributed by atoms with Gasteiger partial charge in [-0.3, -0.25) is 14.9 Å². The number of carbonyl (C=O) groups excluding carboxylic acids is 2. The summed E-state index contributed by atoms with van der Waals surface area (Å²) in [5.41, 5.74) is 5.01. The number of hydrogen-bond donors (Lipinski definition) is 2. The molecule has 0 aliphatic carbocycles. The second-order valence-electron chi connectivity index (χ2n) is 2.63. The minimum Gasteiger partial charge on any atom is -0.322 e. The minimum atomic E-state index is -0.406. The molecular weight excluding hydrogens is 156 g/mol. The molecule has 0 rings (SSSR count). The Hall–Kier alpha value is -0.900. The predicted octanol–water partition coefficient (Wildman–Crippen LogP) is 0.168. The van der Waals surface area contributed by atoms with E-state index in [0.29, 0.717) is 6.42 Å². The number of imide groups is 1. The van der Waals surface area contributed by atoms with Crippen LogP contribution in [0.4, 0.5) is 0 Å². The van der Waals surface area contributed by atoms with Crippen LogP contribution in [0.1, 0.15) is 32.6 Å². The smallest absolute Gasteiger partial charge is 0.240 e. The lowest BCUT2D eigenvalue weighted by Crippen LogP contribution is -2.35. The molecule has 12 heavy (non-hydrogen) atoms. The Morgan fingerprint density at radius 1 is 1.25 bits per heavy atom. The fraction of sp³-hybridized carbons (Fsp3) is 0.750. The van der Waals surface area contributed by atoms with Crippen molar-refractivity contribution in [1.29, 1.82) is 0 Å². The van der Waals surface area contributed by atoms with Crippen molar-refractivity contribution in [2.24, 2.45) is 5.73 Å². The number of carbonyl (C=O) groups is 2. The zero-order valence-electron chi connectivity index (χ0n) is 7.43. The topological polar surface area (TPSA) is 72.2 Å². The Balaban J connectivity index is 3.40. The molecule has 0 heterocycles. The summed E-state index contributed by atoms with van der Waals surface area (Å²) in [5.74, 6) is -0.629. The highest BCUT2D eigenvalue weighted by atomic mass is 16.2. The van der Waals surface area contributed by atoms with Crippen molar-refractivity contribution in [3.05, 3.63) is 0 Å². The van der Waals surface area contributed by atoms with Crippen molar-refractivity contribution in [1.82, 2.24) is 5.32 Å². The van der Waals surface area contributed by atoms with Crippen LogP contribution >= 0.6 is 0 Å². The normalized spacial score (nSPS) is 9.50. The van der Waals surface area contributed by atoms with Gasteiger partial charge in [-0.15, -0.1) is 0 Å². The van der Waals surface area contributed by atoms with Crippen LogP contribution in [-0.2, 0) is 9.59 Å². The number of nitrogens with two attached hydrogens (primary N) is 1. The number of amides is 2. The molecule has 0 spiro atoms. The fourth-order valence-electron chi connectivity index (χ4n) is 0.805. The summed E-state index contributed by atoms with van der Waals surface area (Å²) >= 11 is 0. The number of unbranched alkanes of at least 4 members (excludes halogenated alkanes) is 2. The molecule has 3 N–H and O–H groups in total. The van der Waals surface area contributed by atoms with Crippen LogP contribution in [0.5, 0.6) is 0 Å². The van der Waals surface area contributed by atoms with Gasteiger partial charge in [0.25, 0.3) is 0 Å². The van der Waals surface area contributed by atoms with E-state index in [-0.39, 0.29) is 12.5 Å². The molecule has 2 amide bonds. The van der Waals surface area contributed by atoms with Gasteiger partial charge in [-0.2, -0.15) is 0 Å². The van der Waals surface area contributed by atoms with Gasteiger partial charge in [0.05, 0.1) is 6.54 Å². The summed E-state index contributed by atoms with van der Waals surface area (Å²) in [6, 6.07) is 0. The van der Waals surface area contributed by atoms with E-state index < -0.39 is 5.91 Å². The monoisotopic (exact) mass is 172 g/mol. The molecule has 0 saturated heterocycles. The maximum atomic E-state index is 10.9. The highest BCUT2D eigenvalue weighted by molar-refractivity contribution is 5.95. The van der Waals surface area contributed by atoms with E-state index in [1.165, 1.54) is 0 Å². The molecular formula is C8H16N2O2. The lowest BCUT2D eigenvalue weighted by molar-refractivity contribution is -0.129. The zero-order chi connectivity index (χ0) is 9.40. The first-order valence-electron chi connectivity index (χ1n) is 4.23. The Morgan fingerprint density at radius 2 is 1.92 bits per heavy atom. The van der Waals surface area contributed by atoms with Crippen molar-refractivity contribution in [2.75, 3.05) is 6.54 Å². The average Bonchev–Trinajstić information content (AvgIpc) is 2.05. The zero-order valence-corrected chi connectivity index (χ0v) is 7.43. The molecule has 0 fully saturated rings. The third-order valence-corrected chi connectivity index (χ3v) is 1.47. The molecule has 0 aromatic carbocycles. The van der Waals surface area contributed by atoms with E-state index >= 15 is 0 Å². The Labute approximate surface area is 72.5 Å². The van der Waals surface area contributed by atoms with Gasteiger partial charge in [0, 0.05) is 6.42 Å². The number of nitrogens with one attached hydrogen (secondary N) is 1. The summed E-state index contributed by atoms with van der Waals surface area (Å²) in [5, 5.41) is 2.19. The standard InChI is InChI=1S/C8H16N2O2/c1-2-3-4-5-7(11)10-8(12)6-9/h2-6,9H2,1H3,(H,10,11,12). The van der Waals surface area contributed by atoms with E-state index in [4.69, 9.17) is 5.73 Å². The lowest BCUT2D eigenvalue weighted by Gasteiger charge is -2.00. The van der Waals surface area contributed by atoms with Crippen molar-refractivity contribution in [3.8, 4) is 0 Å². The van der Waals surface area contributed by atoms with Gasteiger partial charge in [0.15, 0.2) is 0 Å². The summed E-state index contributed by atoms with van der Waals surface area (Å²) in [6.07, 6.45) is 3.34. The third kappa shape index (κ3) is 5.85. The first-order chi connectivity index (χ1) is 5.70. The third-order valence-electron chi connectivity index (χ3n) is 1.47. The van der Waals surface area contributed by atoms with Gasteiger partial charge in [-0.25, -0.2) is 0 Å². The van der Waals surface area contributed by atoms with Crippen LogP contribution in [0, 0.1) is 0 Å². The first-order valence-corrected chi connectivity index (χ1v) is 4.23. The molecule has 0 unspecified atom stereocenters. The van der Waals surface area contributed by atoms with Crippen molar-refractivity contribution in [2.45, 2.75) is 32.6 Å². The molecule has 0 aromatic rings. The van der Waals surface area contributed by atoms with Gasteiger partial charge in [-0.05, 0) is 6.42 Å². The van der Waals surface area contributed by atoms with Gasteiger partial charge >= 0.3 is 0 Å². The van der Waals surface area contributed by atoms with Crippen LogP contribution < -0.4 is 11.1 Å². The van der Waals surface area contributed by atoms with Crippen molar-refractivity contribution < 1.29 is 9.59 Å². The molecule has 0 radical (unpaired) electrons. The highest BCUT2D eigenvalue weighted by Gasteiger charge is 2.04. The van der Waals surface area contributed by atoms with Crippen LogP contribution in [0.25, 0.3) is 0 Å². The Morgan fingerprint density at radius 3 is 2.42 bits per heavy atom. The molecule has 0 aliphatic rings. The maximum Gasteiger partial charge on any atom is 0.240 e. The first kappa shape index (κ1) is 11.1. The average molecular weight is 172 g/mol. The van der Waals surface area contributed by atoms with E-state index in [2.05, 4.69) is 12.2 Å². The Kier molecular flexibility index (Phi) is 6.28. The maximum absolute atomic E-state index is 10.9. The van der Waals surface area contributed by atoms with Crippen molar-refractivity contribution in [3.63, 3.8) is 0 Å². The van der Waals surface area contributed by atoms with Gasteiger partial charge in [-0.1, -0.05) is 19.8 Å². The predicted molar refractivity (Wildman–Crippen MR) is 46.3 cm³/mol. The number of rotatable bonds is 5. The lowest BCUT2D eigenvalue weighted by atomic mass is 10.2. The van der Waals surface area contributed by atoms with Crippen LogP contribution in [0.2, 0.25) is 0 Å². The SMILES string of the molecule is CCCCCC(=O)NC(=O)CN. The minimum absolute atomic E-state index is 0.125. The largest absolute Gasteiger partial charge is 0.322 e. The van der Waals surface area contributed by atoms with E-state index in [0.717, 1.165) is 19.3 Å². The summed E-state index contributed by atoms with van der Waals surface area (Å²) in [4.78, 5) is 21.5. The molecule has 0 saturated carbocycles. The van der Waals surface area contributed by atoms with Gasteiger partial charge in [0.1, 0.15) is 0 Å². The fourth-order valence-corrected chi connectivity index (χ4v) is 0.805. The van der Waals surface area contributed by atoms with Crippen LogP contribution in [0.15, 0.2) is 0 Å². The summed E-state index contributed by atoms with van der Waals surface area (Å²) in [6.45, 7) is 1.93. The number of hydrogen-bond acceptors (Lipinski definition) is 3. The molecule has 4 heteroatoms. The molecule has 0 aromatic heterocycles. The molecule has 4 nitrogen and oxygen atoms in total. The summed E-state index contributed by atoms with van der Waals surface area (Å²) in [7, 11) is 0. The molecule has 70 valence electrons. The van der Waals surface area contributed by atoms with Crippen molar-refractivity contribution >= 4 is 11.8 Å². The quantitative estimate of drug-likeness (QED) is 0.580. The van der Waals surface area contributed by atoms with Gasteiger partial charge < -0.3 is 5.73 Å². The van der Waals surface area contributed by atoms with Gasteiger partial charge in [0.2, 0.25) is 11.8 Å².